The molecule has 1 fully saturated rings. The lowest BCUT2D eigenvalue weighted by Gasteiger charge is -2.37. The maximum absolute atomic E-state index is 14.5. The van der Waals surface area contributed by atoms with Gasteiger partial charge in [0.2, 0.25) is 5.91 Å². The highest BCUT2D eigenvalue weighted by atomic mass is 19.1. The quantitative estimate of drug-likeness (QED) is 0.851. The van der Waals surface area contributed by atoms with Gasteiger partial charge in [-0.1, -0.05) is 0 Å². The minimum absolute atomic E-state index is 0.0972. The topological polar surface area (TPSA) is 76.3 Å². The number of hydrogen-bond acceptors (Lipinski definition) is 3. The zero-order valence-electron chi connectivity index (χ0n) is 13.6. The van der Waals surface area contributed by atoms with E-state index in [-0.39, 0.29) is 18.5 Å². The van der Waals surface area contributed by atoms with Crippen molar-refractivity contribution in [1.29, 1.82) is 0 Å². The maximum Gasteiger partial charge on any atom is 0.256 e. The molecule has 1 aliphatic rings. The Hall–Kier alpha value is -2.90. The number of hydrogen-bond donors (Lipinski definition) is 1. The van der Waals surface area contributed by atoms with Gasteiger partial charge in [-0.25, -0.2) is 13.2 Å². The number of pyridine rings is 1. The molecule has 2 amide bonds. The molecule has 2 heterocycles. The van der Waals surface area contributed by atoms with Crippen LogP contribution in [0.4, 0.5) is 13.2 Å². The van der Waals surface area contributed by atoms with Crippen LogP contribution in [0.15, 0.2) is 42.7 Å². The van der Waals surface area contributed by atoms with Crippen LogP contribution in [0.1, 0.15) is 16.8 Å². The van der Waals surface area contributed by atoms with Gasteiger partial charge in [0.05, 0.1) is 0 Å². The Balaban J connectivity index is 1.93. The number of benzene rings is 1. The number of carbonyl (C=O) groups excluding carboxylic acids is 2. The third-order valence-electron chi connectivity index (χ3n) is 4.38. The van der Waals surface area contributed by atoms with E-state index in [4.69, 9.17) is 5.73 Å². The summed E-state index contributed by atoms with van der Waals surface area (Å²) in [6.07, 6.45) is -1.14. The first-order valence-electron chi connectivity index (χ1n) is 7.98. The molecule has 1 aromatic carbocycles. The minimum atomic E-state index is -2.20. The van der Waals surface area contributed by atoms with Crippen molar-refractivity contribution in [2.45, 2.75) is 18.9 Å². The van der Waals surface area contributed by atoms with Crippen molar-refractivity contribution in [2.75, 3.05) is 6.54 Å². The number of halogens is 3. The van der Waals surface area contributed by atoms with E-state index < -0.39 is 36.0 Å². The van der Waals surface area contributed by atoms with Gasteiger partial charge in [-0.15, -0.1) is 0 Å². The number of aromatic nitrogens is 1. The molecule has 5 nitrogen and oxygen atoms in total. The molecule has 0 spiro atoms. The van der Waals surface area contributed by atoms with Crippen molar-refractivity contribution in [2.24, 2.45) is 11.7 Å². The van der Waals surface area contributed by atoms with E-state index in [0.29, 0.717) is 11.1 Å². The van der Waals surface area contributed by atoms with Gasteiger partial charge in [0.25, 0.3) is 5.91 Å². The first-order valence-corrected chi connectivity index (χ1v) is 7.98. The van der Waals surface area contributed by atoms with E-state index in [1.165, 1.54) is 24.5 Å². The number of piperidine rings is 1. The number of primary amides is 1. The Labute approximate surface area is 147 Å². The number of nitrogens with two attached hydrogens (primary N) is 1. The van der Waals surface area contributed by atoms with Gasteiger partial charge in [0.15, 0.2) is 6.30 Å². The van der Waals surface area contributed by atoms with E-state index >= 15 is 0 Å². The Bertz CT molecular complexity index is 832. The fourth-order valence-electron chi connectivity index (χ4n) is 3.05. The maximum atomic E-state index is 14.5. The predicted octanol–water partition coefficient (Wildman–Crippen LogP) is 2.47. The van der Waals surface area contributed by atoms with Crippen molar-refractivity contribution >= 4 is 11.8 Å². The van der Waals surface area contributed by atoms with Crippen LogP contribution < -0.4 is 5.73 Å². The average molecular weight is 363 g/mol. The summed E-state index contributed by atoms with van der Waals surface area (Å²) in [4.78, 5) is 28.6. The lowest BCUT2D eigenvalue weighted by molar-refractivity contribution is -0.132. The summed E-state index contributed by atoms with van der Waals surface area (Å²) in [5.41, 5.74) is 6.00. The average Bonchev–Trinajstić information content (AvgIpc) is 2.61. The molecule has 0 saturated carbocycles. The van der Waals surface area contributed by atoms with Crippen molar-refractivity contribution < 1.29 is 22.8 Å². The zero-order chi connectivity index (χ0) is 18.8. The first kappa shape index (κ1) is 17.9. The summed E-state index contributed by atoms with van der Waals surface area (Å²) in [5.74, 6) is -4.39. The highest BCUT2D eigenvalue weighted by Gasteiger charge is 2.44. The molecule has 0 aliphatic carbocycles. The van der Waals surface area contributed by atoms with Crippen LogP contribution >= 0.6 is 0 Å². The SMILES string of the molecule is NC(=O)C1C(F)CCN(C(=O)c2cc(F)cc(-c3ccncc3)c2)C1F. The highest BCUT2D eigenvalue weighted by Crippen LogP contribution is 2.30. The Morgan fingerprint density at radius 3 is 2.46 bits per heavy atom. The van der Waals surface area contributed by atoms with Crippen molar-refractivity contribution in [3.8, 4) is 11.1 Å². The normalized spacial score (nSPS) is 22.9. The lowest BCUT2D eigenvalue weighted by Crippen LogP contribution is -2.54. The van der Waals surface area contributed by atoms with Crippen LogP contribution in [0.25, 0.3) is 11.1 Å². The summed E-state index contributed by atoms with van der Waals surface area (Å²) < 4.78 is 42.3. The van der Waals surface area contributed by atoms with E-state index in [9.17, 15) is 22.8 Å². The molecule has 3 atom stereocenters. The molecule has 2 aromatic rings. The van der Waals surface area contributed by atoms with E-state index in [2.05, 4.69) is 4.98 Å². The molecule has 8 heteroatoms. The van der Waals surface area contributed by atoms with Crippen LogP contribution in [-0.4, -0.2) is 40.7 Å². The lowest BCUT2D eigenvalue weighted by atomic mass is 9.93. The Kier molecular flexibility index (Phi) is 4.92. The molecule has 0 bridgehead atoms. The number of nitrogens with zero attached hydrogens (tertiary/aromatic N) is 2. The van der Waals surface area contributed by atoms with Gasteiger partial charge < -0.3 is 10.6 Å². The smallest absolute Gasteiger partial charge is 0.256 e. The van der Waals surface area contributed by atoms with Gasteiger partial charge in [-0.05, 0) is 47.9 Å². The van der Waals surface area contributed by atoms with Gasteiger partial charge in [-0.3, -0.25) is 14.6 Å². The summed E-state index contributed by atoms with van der Waals surface area (Å²) in [6.45, 7) is -0.230. The summed E-state index contributed by atoms with van der Waals surface area (Å²) in [5, 5.41) is 0. The van der Waals surface area contributed by atoms with E-state index in [1.54, 1.807) is 12.1 Å². The van der Waals surface area contributed by atoms with Crippen LogP contribution in [0.2, 0.25) is 0 Å². The second-order valence-corrected chi connectivity index (χ2v) is 6.07. The van der Waals surface area contributed by atoms with Crippen LogP contribution in [-0.2, 0) is 4.79 Å². The number of likely N-dealkylation sites (tertiary alicyclic amines) is 1. The van der Waals surface area contributed by atoms with Crippen molar-refractivity contribution in [1.82, 2.24) is 9.88 Å². The van der Waals surface area contributed by atoms with Crippen LogP contribution in [0.5, 0.6) is 0 Å². The van der Waals surface area contributed by atoms with E-state index in [1.807, 2.05) is 0 Å². The fraction of sp³-hybridized carbons (Fsp3) is 0.278. The molecule has 136 valence electrons. The highest BCUT2D eigenvalue weighted by molar-refractivity contribution is 5.96. The molecular weight excluding hydrogens is 347 g/mol. The number of amides is 2. The molecule has 3 unspecified atom stereocenters. The van der Waals surface area contributed by atoms with Gasteiger partial charge in [0.1, 0.15) is 17.9 Å². The molecule has 26 heavy (non-hydrogen) atoms. The number of rotatable bonds is 3. The Morgan fingerprint density at radius 2 is 1.81 bits per heavy atom. The monoisotopic (exact) mass is 363 g/mol. The van der Waals surface area contributed by atoms with Crippen molar-refractivity contribution in [3.05, 3.63) is 54.1 Å². The molecule has 1 saturated heterocycles. The molecular formula is C18H16F3N3O2. The van der Waals surface area contributed by atoms with Crippen LogP contribution in [0, 0.1) is 11.7 Å². The van der Waals surface area contributed by atoms with Gasteiger partial charge in [-0.2, -0.15) is 0 Å². The third kappa shape index (κ3) is 3.40. The number of carbonyl (C=O) groups is 2. The Morgan fingerprint density at radius 1 is 1.12 bits per heavy atom. The second-order valence-electron chi connectivity index (χ2n) is 6.07. The number of alkyl halides is 2. The molecule has 1 aromatic heterocycles. The molecule has 3 rings (SSSR count). The standard InChI is InChI=1S/C18H16F3N3O2/c19-13-8-11(10-1-4-23-5-2-10)7-12(9-13)18(26)24-6-3-14(20)15(16(24)21)17(22)25/h1-2,4-5,7-9,14-16H,3,6H2,(H2,22,25). The fourth-order valence-corrected chi connectivity index (χ4v) is 3.05. The largest absolute Gasteiger partial charge is 0.369 e. The molecule has 2 N–H and O–H groups in total. The zero-order valence-corrected chi connectivity index (χ0v) is 13.6. The third-order valence-corrected chi connectivity index (χ3v) is 4.38. The van der Waals surface area contributed by atoms with Crippen LogP contribution in [0.3, 0.4) is 0 Å². The van der Waals surface area contributed by atoms with Crippen molar-refractivity contribution in [3.63, 3.8) is 0 Å². The van der Waals surface area contributed by atoms with Gasteiger partial charge in [0, 0.05) is 24.5 Å². The molecule has 1 aliphatic heterocycles. The van der Waals surface area contributed by atoms with E-state index in [0.717, 1.165) is 11.0 Å². The van der Waals surface area contributed by atoms with Gasteiger partial charge >= 0.3 is 0 Å². The predicted molar refractivity (Wildman–Crippen MR) is 87.8 cm³/mol. The second kappa shape index (κ2) is 7.15. The minimum Gasteiger partial charge on any atom is -0.369 e. The summed E-state index contributed by atoms with van der Waals surface area (Å²) in [6, 6.07) is 6.89. The summed E-state index contributed by atoms with van der Waals surface area (Å²) in [7, 11) is 0. The first-order chi connectivity index (χ1) is 12.4. The summed E-state index contributed by atoms with van der Waals surface area (Å²) >= 11 is 0. The molecule has 0 radical (unpaired) electrons.